The summed E-state index contributed by atoms with van der Waals surface area (Å²) in [6.07, 6.45) is 1.22. The average molecular weight is 294 g/mol. The molecule has 0 unspecified atom stereocenters. The van der Waals surface area contributed by atoms with E-state index in [4.69, 9.17) is 4.74 Å². The van der Waals surface area contributed by atoms with Gasteiger partial charge >= 0.3 is 0 Å². The molecule has 0 saturated heterocycles. The van der Waals surface area contributed by atoms with Crippen LogP contribution in [-0.4, -0.2) is 24.7 Å². The second-order valence-corrected chi connectivity index (χ2v) is 4.26. The first-order chi connectivity index (χ1) is 8.21. The molecule has 0 atom stereocenters. The van der Waals surface area contributed by atoms with Crippen LogP contribution in [0.15, 0.2) is 22.7 Å². The fourth-order valence-electron chi connectivity index (χ4n) is 1.65. The molecule has 0 N–H and O–H groups in total. The van der Waals surface area contributed by atoms with Crippen LogP contribution in [-0.2, 0) is 0 Å². The number of pyridine rings is 1. The second kappa shape index (κ2) is 4.63. The van der Waals surface area contributed by atoms with E-state index in [1.807, 2.05) is 0 Å². The van der Waals surface area contributed by atoms with E-state index < -0.39 is 0 Å². The lowest BCUT2D eigenvalue weighted by Crippen LogP contribution is -2.01. The van der Waals surface area contributed by atoms with Crippen molar-refractivity contribution in [3.05, 3.63) is 33.8 Å². The number of methoxy groups -OCH3 is 1. The molecule has 0 spiro atoms. The van der Waals surface area contributed by atoms with Crippen molar-refractivity contribution >= 4 is 39.4 Å². The van der Waals surface area contributed by atoms with Crippen LogP contribution in [0.25, 0.3) is 10.9 Å². The van der Waals surface area contributed by atoms with Crippen molar-refractivity contribution < 1.29 is 14.3 Å². The van der Waals surface area contributed by atoms with Crippen molar-refractivity contribution in [2.75, 3.05) is 7.11 Å². The Morgan fingerprint density at radius 2 is 1.94 bits per heavy atom. The Bertz CT molecular complexity index is 610. The Hall–Kier alpha value is -1.75. The van der Waals surface area contributed by atoms with Gasteiger partial charge < -0.3 is 4.74 Å². The van der Waals surface area contributed by atoms with Gasteiger partial charge in [-0.05, 0) is 12.1 Å². The zero-order chi connectivity index (χ0) is 12.4. The second-order valence-electron chi connectivity index (χ2n) is 3.35. The summed E-state index contributed by atoms with van der Waals surface area (Å²) in [5, 5.41) is 0.631. The van der Waals surface area contributed by atoms with Crippen LogP contribution in [0.2, 0.25) is 0 Å². The lowest BCUT2D eigenvalue weighted by atomic mass is 10.1. The van der Waals surface area contributed by atoms with Gasteiger partial charge in [0.05, 0.1) is 18.2 Å². The lowest BCUT2D eigenvalue weighted by molar-refractivity contribution is 0.109. The molecule has 0 amide bonds. The number of hydrogen-bond donors (Lipinski definition) is 0. The highest BCUT2D eigenvalue weighted by molar-refractivity contribution is 9.10. The molecule has 4 nitrogen and oxygen atoms in total. The molecule has 2 aromatic rings. The summed E-state index contributed by atoms with van der Waals surface area (Å²) in [5.74, 6) is 0.160. The largest absolute Gasteiger partial charge is 0.480 e. The lowest BCUT2D eigenvalue weighted by Gasteiger charge is -2.08. The fraction of sp³-hybridized carbons (Fsp3) is 0.0833. The van der Waals surface area contributed by atoms with Crippen molar-refractivity contribution in [3.63, 3.8) is 0 Å². The number of halogens is 1. The van der Waals surface area contributed by atoms with Gasteiger partial charge in [-0.1, -0.05) is 22.0 Å². The van der Waals surface area contributed by atoms with E-state index in [2.05, 4.69) is 20.9 Å². The molecule has 0 fully saturated rings. The molecule has 86 valence electrons. The van der Waals surface area contributed by atoms with Crippen LogP contribution in [0.1, 0.15) is 20.7 Å². The first kappa shape index (κ1) is 11.7. The molecule has 2 rings (SSSR count). The number of rotatable bonds is 3. The predicted octanol–water partition coefficient (Wildman–Crippen LogP) is 2.63. The van der Waals surface area contributed by atoms with Crippen molar-refractivity contribution in [1.82, 2.24) is 4.98 Å². The molecule has 1 aromatic heterocycles. The Morgan fingerprint density at radius 3 is 2.53 bits per heavy atom. The topological polar surface area (TPSA) is 56.3 Å². The van der Waals surface area contributed by atoms with Gasteiger partial charge in [0.25, 0.3) is 0 Å². The zero-order valence-corrected chi connectivity index (χ0v) is 10.5. The summed E-state index contributed by atoms with van der Waals surface area (Å²) in [5.41, 5.74) is 1.08. The number of nitrogens with zero attached hydrogens (tertiary/aromatic N) is 1. The van der Waals surface area contributed by atoms with E-state index in [0.717, 1.165) is 4.47 Å². The van der Waals surface area contributed by atoms with Crippen LogP contribution < -0.4 is 4.74 Å². The maximum atomic E-state index is 11.1. The van der Waals surface area contributed by atoms with Gasteiger partial charge in [0.15, 0.2) is 12.6 Å². The molecule has 0 aliphatic carbocycles. The van der Waals surface area contributed by atoms with Gasteiger partial charge in [0, 0.05) is 15.4 Å². The minimum absolute atomic E-state index is 0.160. The molecule has 0 aliphatic rings. The zero-order valence-electron chi connectivity index (χ0n) is 8.94. The van der Waals surface area contributed by atoms with E-state index in [1.165, 1.54) is 7.11 Å². The first-order valence-electron chi connectivity index (χ1n) is 4.79. The smallest absolute Gasteiger partial charge is 0.225 e. The highest BCUT2D eigenvalue weighted by Crippen LogP contribution is 2.27. The molecular weight excluding hydrogens is 286 g/mol. The van der Waals surface area contributed by atoms with Crippen molar-refractivity contribution in [2.45, 2.75) is 0 Å². The van der Waals surface area contributed by atoms with Crippen molar-refractivity contribution in [1.29, 1.82) is 0 Å². The van der Waals surface area contributed by atoms with Gasteiger partial charge in [-0.2, -0.15) is 0 Å². The number of carbonyl (C=O) groups excluding carboxylic acids is 2. The fourth-order valence-corrected chi connectivity index (χ4v) is 2.00. The third-order valence-electron chi connectivity index (χ3n) is 2.42. The van der Waals surface area contributed by atoms with E-state index >= 15 is 0 Å². The number of fused-ring (bicyclic) bond motifs is 1. The third kappa shape index (κ3) is 1.93. The molecule has 0 aliphatic heterocycles. The molecule has 5 heteroatoms. The number of aldehydes is 2. The first-order valence-corrected chi connectivity index (χ1v) is 5.58. The summed E-state index contributed by atoms with van der Waals surface area (Å²) in [6.45, 7) is 0. The van der Waals surface area contributed by atoms with Gasteiger partial charge in [-0.25, -0.2) is 4.98 Å². The summed E-state index contributed by atoms with van der Waals surface area (Å²) < 4.78 is 5.85. The van der Waals surface area contributed by atoms with Crippen molar-refractivity contribution in [3.8, 4) is 5.88 Å². The van der Waals surface area contributed by atoms with Crippen LogP contribution >= 0.6 is 15.9 Å². The molecule has 1 aromatic carbocycles. The van der Waals surface area contributed by atoms with E-state index in [0.29, 0.717) is 29.0 Å². The number of hydrogen-bond acceptors (Lipinski definition) is 4. The number of benzene rings is 1. The van der Waals surface area contributed by atoms with Crippen LogP contribution in [0.5, 0.6) is 5.88 Å². The Labute approximate surface area is 106 Å². The van der Waals surface area contributed by atoms with E-state index in [-0.39, 0.29) is 11.4 Å². The van der Waals surface area contributed by atoms with Gasteiger partial charge in [-0.15, -0.1) is 0 Å². The predicted molar refractivity (Wildman–Crippen MR) is 66.8 cm³/mol. The molecular formula is C12H8BrNO3. The molecule has 1 heterocycles. The highest BCUT2D eigenvalue weighted by Gasteiger charge is 2.14. The maximum absolute atomic E-state index is 11.1. The average Bonchev–Trinajstić information content (AvgIpc) is 2.35. The molecule has 0 bridgehead atoms. The Balaban J connectivity index is 2.93. The quantitative estimate of drug-likeness (QED) is 0.817. The molecule has 0 saturated carbocycles. The van der Waals surface area contributed by atoms with Gasteiger partial charge in [0.1, 0.15) is 0 Å². The Kier molecular flexibility index (Phi) is 3.19. The van der Waals surface area contributed by atoms with Crippen LogP contribution in [0.3, 0.4) is 0 Å². The Morgan fingerprint density at radius 1 is 1.24 bits per heavy atom. The SMILES string of the molecule is COc1nc2cc(Br)ccc2c(C=O)c1C=O. The van der Waals surface area contributed by atoms with Crippen LogP contribution in [0.4, 0.5) is 0 Å². The molecule has 0 radical (unpaired) electrons. The summed E-state index contributed by atoms with van der Waals surface area (Å²) in [7, 11) is 1.41. The molecule has 17 heavy (non-hydrogen) atoms. The van der Waals surface area contributed by atoms with E-state index in [1.54, 1.807) is 18.2 Å². The van der Waals surface area contributed by atoms with E-state index in [9.17, 15) is 9.59 Å². The summed E-state index contributed by atoms with van der Waals surface area (Å²) in [4.78, 5) is 26.3. The van der Waals surface area contributed by atoms with Gasteiger partial charge in [-0.3, -0.25) is 9.59 Å². The monoisotopic (exact) mass is 293 g/mol. The highest BCUT2D eigenvalue weighted by atomic mass is 79.9. The minimum atomic E-state index is 0.160. The third-order valence-corrected chi connectivity index (χ3v) is 2.91. The number of ether oxygens (including phenoxy) is 1. The maximum Gasteiger partial charge on any atom is 0.225 e. The normalized spacial score (nSPS) is 10.2. The van der Waals surface area contributed by atoms with Crippen LogP contribution in [0, 0.1) is 0 Å². The number of carbonyl (C=O) groups is 2. The summed E-state index contributed by atoms with van der Waals surface area (Å²) in [6, 6.07) is 5.29. The number of aromatic nitrogens is 1. The van der Waals surface area contributed by atoms with Crippen molar-refractivity contribution in [2.24, 2.45) is 0 Å². The summed E-state index contributed by atoms with van der Waals surface area (Å²) >= 11 is 3.32. The minimum Gasteiger partial charge on any atom is -0.480 e. The standard InChI is InChI=1S/C12H8BrNO3/c1-17-12-10(6-16)9(5-15)8-3-2-7(13)4-11(8)14-12/h2-6H,1H3. The van der Waals surface area contributed by atoms with Gasteiger partial charge in [0.2, 0.25) is 5.88 Å².